The minimum atomic E-state index is -0.123. The minimum absolute atomic E-state index is 0.112. The molecule has 0 aliphatic carbocycles. The van der Waals surface area contributed by atoms with E-state index in [0.717, 1.165) is 17.7 Å². The molecule has 2 aromatic heterocycles. The van der Waals surface area contributed by atoms with Crippen LogP contribution in [0.5, 0.6) is 17.4 Å². The summed E-state index contributed by atoms with van der Waals surface area (Å²) in [7, 11) is 3.19. The van der Waals surface area contributed by atoms with Crippen LogP contribution < -0.4 is 14.2 Å². The van der Waals surface area contributed by atoms with Crippen LogP contribution in [0.2, 0.25) is 0 Å². The Bertz CT molecular complexity index is 1080. The van der Waals surface area contributed by atoms with Crippen molar-refractivity contribution >= 4 is 5.91 Å². The fourth-order valence-electron chi connectivity index (χ4n) is 3.68. The summed E-state index contributed by atoms with van der Waals surface area (Å²) >= 11 is 0. The lowest BCUT2D eigenvalue weighted by Gasteiger charge is -2.16. The predicted octanol–water partition coefficient (Wildman–Crippen LogP) is 2.79. The molecular weight excluding hydrogens is 398 g/mol. The Morgan fingerprint density at radius 3 is 2.71 bits per heavy atom. The van der Waals surface area contributed by atoms with Gasteiger partial charge in [0.2, 0.25) is 5.88 Å². The lowest BCUT2D eigenvalue weighted by molar-refractivity contribution is 0.0765. The normalized spacial score (nSPS) is 15.7. The van der Waals surface area contributed by atoms with Crippen molar-refractivity contribution in [3.8, 4) is 28.6 Å². The summed E-state index contributed by atoms with van der Waals surface area (Å²) in [6.07, 6.45) is 0.622. The number of benzene rings is 1. The summed E-state index contributed by atoms with van der Waals surface area (Å²) in [5.74, 6) is 2.41. The number of nitrogens with one attached hydrogen (secondary N) is 1. The summed E-state index contributed by atoms with van der Waals surface area (Å²) in [6, 6.07) is 8.98. The van der Waals surface area contributed by atoms with Crippen molar-refractivity contribution in [2.24, 2.45) is 0 Å². The molecule has 9 nitrogen and oxygen atoms in total. The smallest absolute Gasteiger partial charge is 0.272 e. The Labute approximate surface area is 180 Å². The molecule has 1 fully saturated rings. The van der Waals surface area contributed by atoms with E-state index in [1.165, 1.54) is 0 Å². The van der Waals surface area contributed by atoms with Crippen LogP contribution in [-0.2, 0) is 0 Å². The Hall–Kier alpha value is -3.62. The molecule has 1 aliphatic rings. The van der Waals surface area contributed by atoms with Gasteiger partial charge < -0.3 is 19.1 Å². The number of ether oxygens (including phenoxy) is 3. The Morgan fingerprint density at radius 2 is 1.97 bits per heavy atom. The van der Waals surface area contributed by atoms with Crippen LogP contribution in [0.1, 0.15) is 28.4 Å². The molecule has 0 bridgehead atoms. The molecule has 1 unspecified atom stereocenters. The van der Waals surface area contributed by atoms with Crippen molar-refractivity contribution in [3.63, 3.8) is 0 Å². The summed E-state index contributed by atoms with van der Waals surface area (Å²) in [5, 5.41) is 7.16. The van der Waals surface area contributed by atoms with Gasteiger partial charge in [-0.05, 0) is 38.1 Å². The Morgan fingerprint density at radius 1 is 1.13 bits per heavy atom. The van der Waals surface area contributed by atoms with E-state index >= 15 is 0 Å². The quantitative estimate of drug-likeness (QED) is 0.650. The highest BCUT2D eigenvalue weighted by Crippen LogP contribution is 2.32. The highest BCUT2D eigenvalue weighted by molar-refractivity contribution is 5.93. The van der Waals surface area contributed by atoms with Crippen molar-refractivity contribution < 1.29 is 19.0 Å². The molecule has 3 aromatic rings. The molecule has 0 radical (unpaired) electrons. The van der Waals surface area contributed by atoms with E-state index < -0.39 is 0 Å². The number of nitrogens with zero attached hydrogens (tertiary/aromatic N) is 4. The summed E-state index contributed by atoms with van der Waals surface area (Å²) in [6.45, 7) is 4.82. The molecular formula is C22H25N5O4. The summed E-state index contributed by atoms with van der Waals surface area (Å²) < 4.78 is 16.7. The zero-order chi connectivity index (χ0) is 22.0. The molecule has 1 atom stereocenters. The van der Waals surface area contributed by atoms with E-state index in [9.17, 15) is 4.79 Å². The van der Waals surface area contributed by atoms with Crippen LogP contribution in [0.4, 0.5) is 0 Å². The first-order chi connectivity index (χ1) is 15.0. The van der Waals surface area contributed by atoms with Gasteiger partial charge in [0.15, 0.2) is 0 Å². The first-order valence-electron chi connectivity index (χ1n) is 10.0. The number of rotatable bonds is 6. The number of aryl methyl sites for hydroxylation is 2. The standard InChI is InChI=1S/C22H25N5O4/c1-13-9-21(24-14(2)23-13)31-16-7-8-27(12-16)22(28)19-11-18(25-26-19)17-10-15(29-3)5-6-20(17)30-4/h5-6,9-11,16H,7-8,12H2,1-4H3,(H,25,26). The third kappa shape index (κ3) is 4.45. The van der Waals surface area contributed by atoms with Crippen LogP contribution in [0.15, 0.2) is 30.3 Å². The van der Waals surface area contributed by atoms with Gasteiger partial charge in [-0.1, -0.05) is 0 Å². The lowest BCUT2D eigenvalue weighted by Crippen LogP contribution is -2.31. The van der Waals surface area contributed by atoms with Gasteiger partial charge >= 0.3 is 0 Å². The molecule has 1 N–H and O–H groups in total. The maximum absolute atomic E-state index is 13.0. The average molecular weight is 423 g/mol. The molecule has 4 rings (SSSR count). The van der Waals surface area contributed by atoms with Gasteiger partial charge in [0.25, 0.3) is 5.91 Å². The van der Waals surface area contributed by atoms with Gasteiger partial charge in [-0.2, -0.15) is 10.1 Å². The topological polar surface area (TPSA) is 102 Å². The van der Waals surface area contributed by atoms with Crippen LogP contribution in [0.25, 0.3) is 11.3 Å². The van der Waals surface area contributed by atoms with E-state index in [2.05, 4.69) is 20.2 Å². The van der Waals surface area contributed by atoms with Gasteiger partial charge in [0, 0.05) is 30.3 Å². The summed E-state index contributed by atoms with van der Waals surface area (Å²) in [4.78, 5) is 23.3. The number of hydrogen-bond donors (Lipinski definition) is 1. The number of carbonyl (C=O) groups excluding carboxylic acids is 1. The van der Waals surface area contributed by atoms with Gasteiger partial charge in [0.1, 0.15) is 29.1 Å². The second-order valence-corrected chi connectivity index (χ2v) is 7.41. The molecule has 1 amide bonds. The number of aromatic nitrogens is 4. The van der Waals surface area contributed by atoms with E-state index in [4.69, 9.17) is 14.2 Å². The zero-order valence-electron chi connectivity index (χ0n) is 18.0. The van der Waals surface area contributed by atoms with Gasteiger partial charge in [-0.15, -0.1) is 0 Å². The number of carbonyl (C=O) groups is 1. The number of hydrogen-bond acceptors (Lipinski definition) is 7. The lowest BCUT2D eigenvalue weighted by atomic mass is 10.1. The highest BCUT2D eigenvalue weighted by atomic mass is 16.5. The first kappa shape index (κ1) is 20.6. The molecule has 31 heavy (non-hydrogen) atoms. The second-order valence-electron chi connectivity index (χ2n) is 7.41. The highest BCUT2D eigenvalue weighted by Gasteiger charge is 2.30. The minimum Gasteiger partial charge on any atom is -0.497 e. The van der Waals surface area contributed by atoms with E-state index in [0.29, 0.717) is 47.7 Å². The molecule has 1 saturated heterocycles. The Balaban J connectivity index is 1.46. The van der Waals surface area contributed by atoms with Crippen molar-refractivity contribution in [2.45, 2.75) is 26.4 Å². The van der Waals surface area contributed by atoms with E-state index in [1.54, 1.807) is 31.3 Å². The molecule has 9 heteroatoms. The van der Waals surface area contributed by atoms with Crippen LogP contribution in [-0.4, -0.2) is 64.4 Å². The fourth-order valence-corrected chi connectivity index (χ4v) is 3.68. The average Bonchev–Trinajstić information content (AvgIpc) is 3.42. The van der Waals surface area contributed by atoms with Gasteiger partial charge in [-0.3, -0.25) is 9.89 Å². The second kappa shape index (κ2) is 8.63. The van der Waals surface area contributed by atoms with Crippen LogP contribution in [0, 0.1) is 13.8 Å². The monoisotopic (exact) mass is 423 g/mol. The molecule has 162 valence electrons. The zero-order valence-corrected chi connectivity index (χ0v) is 18.0. The van der Waals surface area contributed by atoms with Crippen LogP contribution in [0.3, 0.4) is 0 Å². The van der Waals surface area contributed by atoms with Crippen molar-refractivity contribution in [2.75, 3.05) is 27.3 Å². The van der Waals surface area contributed by atoms with Gasteiger partial charge in [0.05, 0.1) is 26.5 Å². The van der Waals surface area contributed by atoms with Crippen LogP contribution >= 0.6 is 0 Å². The molecule has 3 heterocycles. The maximum Gasteiger partial charge on any atom is 0.272 e. The third-order valence-corrected chi connectivity index (χ3v) is 5.15. The maximum atomic E-state index is 13.0. The van der Waals surface area contributed by atoms with Crippen molar-refractivity contribution in [3.05, 3.63) is 47.5 Å². The van der Waals surface area contributed by atoms with E-state index in [-0.39, 0.29) is 12.0 Å². The number of likely N-dealkylation sites (tertiary alicyclic amines) is 1. The molecule has 1 aromatic carbocycles. The van der Waals surface area contributed by atoms with E-state index in [1.807, 2.05) is 32.0 Å². The number of H-pyrrole nitrogens is 1. The molecule has 0 saturated carbocycles. The number of amides is 1. The molecule has 0 spiro atoms. The third-order valence-electron chi connectivity index (χ3n) is 5.15. The van der Waals surface area contributed by atoms with Crippen molar-refractivity contribution in [1.82, 2.24) is 25.1 Å². The number of methoxy groups -OCH3 is 2. The largest absolute Gasteiger partial charge is 0.497 e. The fraction of sp³-hybridized carbons (Fsp3) is 0.364. The summed E-state index contributed by atoms with van der Waals surface area (Å²) in [5.41, 5.74) is 2.62. The molecule has 1 aliphatic heterocycles. The SMILES string of the molecule is COc1ccc(OC)c(-c2cc(C(=O)N3CCC(Oc4cc(C)nc(C)n4)C3)[nH]n2)c1. The Kier molecular flexibility index (Phi) is 5.75. The van der Waals surface area contributed by atoms with Gasteiger partial charge in [-0.25, -0.2) is 4.98 Å². The predicted molar refractivity (Wildman–Crippen MR) is 114 cm³/mol. The number of aromatic amines is 1. The van der Waals surface area contributed by atoms with Crippen molar-refractivity contribution in [1.29, 1.82) is 0 Å². The first-order valence-corrected chi connectivity index (χ1v) is 10.0.